The van der Waals surface area contributed by atoms with Gasteiger partial charge in [0.25, 0.3) is 10.0 Å². The van der Waals surface area contributed by atoms with Gasteiger partial charge in [-0.2, -0.15) is 0 Å². The number of nitrogens with one attached hydrogen (secondary N) is 1. The number of rotatable bonds is 3. The molecule has 2 aromatic rings. The van der Waals surface area contributed by atoms with Crippen LogP contribution in [0.25, 0.3) is 0 Å². The molecular weight excluding hydrogens is 308 g/mol. The molecule has 0 saturated heterocycles. The third-order valence-corrected chi connectivity index (χ3v) is 5.35. The molecule has 0 amide bonds. The molecule has 3 N–H and O–H groups in total. The van der Waals surface area contributed by atoms with Gasteiger partial charge in [0.05, 0.1) is 21.3 Å². The van der Waals surface area contributed by atoms with Gasteiger partial charge in [0.15, 0.2) is 0 Å². The van der Waals surface area contributed by atoms with Crippen LogP contribution in [0, 0.1) is 0 Å². The van der Waals surface area contributed by atoms with Gasteiger partial charge in [0.1, 0.15) is 0 Å². The van der Waals surface area contributed by atoms with Gasteiger partial charge in [-0.15, -0.1) is 0 Å². The van der Waals surface area contributed by atoms with Crippen molar-refractivity contribution in [2.45, 2.75) is 24.2 Å². The number of sulfonamides is 1. The maximum absolute atomic E-state index is 12.4. The first-order valence-corrected chi connectivity index (χ1v) is 8.51. The number of hydrogen-bond donors (Lipinski definition) is 2. The van der Waals surface area contributed by atoms with Gasteiger partial charge < -0.3 is 5.73 Å². The Bertz CT molecular complexity index is 803. The zero-order valence-corrected chi connectivity index (χ0v) is 12.8. The van der Waals surface area contributed by atoms with E-state index in [1.54, 1.807) is 24.3 Å². The highest BCUT2D eigenvalue weighted by atomic mass is 35.5. The first-order chi connectivity index (χ1) is 9.95. The SMILES string of the molecule is Nc1cc(NS(=O)(=O)c2ccc3c(c2)CCC3)ccc1Cl. The molecule has 0 unspecified atom stereocenters. The number of nitrogen functional groups attached to an aromatic ring is 1. The molecule has 0 radical (unpaired) electrons. The van der Waals surface area contributed by atoms with Gasteiger partial charge in [-0.1, -0.05) is 17.7 Å². The fourth-order valence-corrected chi connectivity index (χ4v) is 3.75. The summed E-state index contributed by atoms with van der Waals surface area (Å²) in [6.07, 6.45) is 3.05. The van der Waals surface area contributed by atoms with Crippen molar-refractivity contribution in [2.24, 2.45) is 0 Å². The van der Waals surface area contributed by atoms with Crippen molar-refractivity contribution in [1.29, 1.82) is 0 Å². The Morgan fingerprint density at radius 3 is 2.57 bits per heavy atom. The van der Waals surface area contributed by atoms with Crippen LogP contribution in [0.2, 0.25) is 5.02 Å². The number of nitrogens with two attached hydrogens (primary N) is 1. The van der Waals surface area contributed by atoms with Crippen LogP contribution in [-0.2, 0) is 22.9 Å². The van der Waals surface area contributed by atoms with Crippen molar-refractivity contribution in [3.8, 4) is 0 Å². The van der Waals surface area contributed by atoms with Crippen LogP contribution in [-0.4, -0.2) is 8.42 Å². The minimum absolute atomic E-state index is 0.275. The first kappa shape index (κ1) is 14.2. The van der Waals surface area contributed by atoms with Crippen LogP contribution < -0.4 is 10.5 Å². The topological polar surface area (TPSA) is 72.2 Å². The number of hydrogen-bond acceptors (Lipinski definition) is 3. The van der Waals surface area contributed by atoms with E-state index in [0.717, 1.165) is 24.8 Å². The summed E-state index contributed by atoms with van der Waals surface area (Å²) in [6, 6.07) is 9.96. The van der Waals surface area contributed by atoms with Crippen LogP contribution in [0.3, 0.4) is 0 Å². The highest BCUT2D eigenvalue weighted by molar-refractivity contribution is 7.92. The largest absolute Gasteiger partial charge is 0.397 e. The van der Waals surface area contributed by atoms with Gasteiger partial charge in [-0.3, -0.25) is 4.72 Å². The second-order valence-electron chi connectivity index (χ2n) is 5.13. The van der Waals surface area contributed by atoms with E-state index < -0.39 is 10.0 Å². The predicted octanol–water partition coefficient (Wildman–Crippen LogP) is 3.21. The average Bonchev–Trinajstić information content (AvgIpc) is 2.90. The van der Waals surface area contributed by atoms with Crippen LogP contribution >= 0.6 is 11.6 Å². The summed E-state index contributed by atoms with van der Waals surface area (Å²) in [5.74, 6) is 0. The lowest BCUT2D eigenvalue weighted by Gasteiger charge is -2.10. The van der Waals surface area contributed by atoms with Crippen molar-refractivity contribution in [1.82, 2.24) is 0 Å². The Morgan fingerprint density at radius 2 is 1.81 bits per heavy atom. The fourth-order valence-electron chi connectivity index (χ4n) is 2.54. The van der Waals surface area contributed by atoms with Crippen molar-refractivity contribution in [3.05, 3.63) is 52.5 Å². The van der Waals surface area contributed by atoms with E-state index in [0.29, 0.717) is 16.4 Å². The molecule has 0 saturated carbocycles. The van der Waals surface area contributed by atoms with E-state index >= 15 is 0 Å². The molecule has 1 aliphatic carbocycles. The van der Waals surface area contributed by atoms with Crippen molar-refractivity contribution in [2.75, 3.05) is 10.5 Å². The molecule has 0 heterocycles. The van der Waals surface area contributed by atoms with Gasteiger partial charge >= 0.3 is 0 Å². The summed E-state index contributed by atoms with van der Waals surface area (Å²) >= 11 is 5.83. The van der Waals surface area contributed by atoms with Crippen molar-refractivity contribution >= 4 is 33.0 Å². The third kappa shape index (κ3) is 2.84. The maximum atomic E-state index is 12.4. The second-order valence-corrected chi connectivity index (χ2v) is 7.22. The quantitative estimate of drug-likeness (QED) is 0.852. The molecule has 0 fully saturated rings. The van der Waals surface area contributed by atoms with E-state index in [4.69, 9.17) is 17.3 Å². The first-order valence-electron chi connectivity index (χ1n) is 6.65. The molecule has 0 aromatic heterocycles. The molecule has 0 spiro atoms. The second kappa shape index (κ2) is 5.24. The van der Waals surface area contributed by atoms with E-state index in [9.17, 15) is 8.42 Å². The molecule has 21 heavy (non-hydrogen) atoms. The predicted molar refractivity (Wildman–Crippen MR) is 85.1 cm³/mol. The van der Waals surface area contributed by atoms with E-state index in [-0.39, 0.29) is 4.90 Å². The molecule has 4 nitrogen and oxygen atoms in total. The standard InChI is InChI=1S/C15H15ClN2O2S/c16-14-7-5-12(9-15(14)17)18-21(19,20)13-6-4-10-2-1-3-11(10)8-13/h4-9,18H,1-3,17H2. The van der Waals surface area contributed by atoms with Crippen molar-refractivity contribution in [3.63, 3.8) is 0 Å². The minimum Gasteiger partial charge on any atom is -0.397 e. The lowest BCUT2D eigenvalue weighted by molar-refractivity contribution is 0.601. The molecule has 0 bridgehead atoms. The number of aryl methyl sites for hydroxylation is 2. The van der Waals surface area contributed by atoms with Crippen LogP contribution in [0.4, 0.5) is 11.4 Å². The summed E-state index contributed by atoms with van der Waals surface area (Å²) in [5.41, 5.74) is 8.78. The fraction of sp³-hybridized carbons (Fsp3) is 0.200. The smallest absolute Gasteiger partial charge is 0.261 e. The summed E-state index contributed by atoms with van der Waals surface area (Å²) in [6.45, 7) is 0. The lowest BCUT2D eigenvalue weighted by atomic mass is 10.1. The Morgan fingerprint density at radius 1 is 1.05 bits per heavy atom. The Labute approximate surface area is 129 Å². The summed E-state index contributed by atoms with van der Waals surface area (Å²) < 4.78 is 27.4. The number of fused-ring (bicyclic) bond motifs is 1. The van der Waals surface area contributed by atoms with Gasteiger partial charge in [0.2, 0.25) is 0 Å². The van der Waals surface area contributed by atoms with Gasteiger partial charge in [-0.05, 0) is 60.7 Å². The molecule has 3 rings (SSSR count). The zero-order chi connectivity index (χ0) is 15.0. The van der Waals surface area contributed by atoms with E-state index in [1.165, 1.54) is 11.6 Å². The highest BCUT2D eigenvalue weighted by Crippen LogP contribution is 2.27. The molecule has 0 aliphatic heterocycles. The third-order valence-electron chi connectivity index (χ3n) is 3.63. The molecule has 1 aliphatic rings. The Hall–Kier alpha value is -1.72. The monoisotopic (exact) mass is 322 g/mol. The summed E-state index contributed by atoms with van der Waals surface area (Å²) in [5, 5.41) is 0.399. The Balaban J connectivity index is 1.91. The van der Waals surface area contributed by atoms with Crippen LogP contribution in [0.5, 0.6) is 0 Å². The van der Waals surface area contributed by atoms with Gasteiger partial charge in [0, 0.05) is 0 Å². The number of halogens is 1. The average molecular weight is 323 g/mol. The zero-order valence-electron chi connectivity index (χ0n) is 11.3. The Kier molecular flexibility index (Phi) is 3.55. The normalized spacial score (nSPS) is 14.0. The molecule has 2 aromatic carbocycles. The number of benzene rings is 2. The van der Waals surface area contributed by atoms with E-state index in [1.807, 2.05) is 6.07 Å². The molecule has 0 atom stereocenters. The highest BCUT2D eigenvalue weighted by Gasteiger charge is 2.18. The lowest BCUT2D eigenvalue weighted by Crippen LogP contribution is -2.13. The van der Waals surface area contributed by atoms with Crippen molar-refractivity contribution < 1.29 is 8.42 Å². The van der Waals surface area contributed by atoms with Gasteiger partial charge in [-0.25, -0.2) is 8.42 Å². The van der Waals surface area contributed by atoms with Crippen LogP contribution in [0.1, 0.15) is 17.5 Å². The molecule has 110 valence electrons. The van der Waals surface area contributed by atoms with Crippen LogP contribution in [0.15, 0.2) is 41.3 Å². The minimum atomic E-state index is -3.61. The van der Waals surface area contributed by atoms with E-state index in [2.05, 4.69) is 4.72 Å². The maximum Gasteiger partial charge on any atom is 0.261 e. The summed E-state index contributed by atoms with van der Waals surface area (Å²) in [4.78, 5) is 0.275. The number of anilines is 2. The summed E-state index contributed by atoms with van der Waals surface area (Å²) in [7, 11) is -3.61. The molecule has 6 heteroatoms. The molecular formula is C15H15ClN2O2S.